The number of fused-ring (bicyclic) bond motifs is 1. The van der Waals surface area contributed by atoms with Crippen molar-refractivity contribution in [1.29, 1.82) is 0 Å². The fraction of sp³-hybridized carbons (Fsp3) is 0.526. The van der Waals surface area contributed by atoms with Crippen LogP contribution in [-0.4, -0.2) is 47.4 Å². The third kappa shape index (κ3) is 3.65. The molecule has 2 atom stereocenters. The van der Waals surface area contributed by atoms with Gasteiger partial charge in [0.15, 0.2) is 0 Å². The van der Waals surface area contributed by atoms with Crippen molar-refractivity contribution < 1.29 is 9.47 Å². The molecule has 0 aliphatic carbocycles. The summed E-state index contributed by atoms with van der Waals surface area (Å²) in [5, 5.41) is 0. The molecular weight excluding hydrogens is 316 g/mol. The van der Waals surface area contributed by atoms with E-state index in [-0.39, 0.29) is 11.5 Å². The van der Waals surface area contributed by atoms with Gasteiger partial charge in [-0.1, -0.05) is 0 Å². The normalized spacial score (nSPS) is 26.2. The monoisotopic (exact) mass is 340 g/mol. The van der Waals surface area contributed by atoms with Crippen LogP contribution in [0.4, 0.5) is 5.95 Å². The highest BCUT2D eigenvalue weighted by Crippen LogP contribution is 2.41. The van der Waals surface area contributed by atoms with E-state index in [0.717, 1.165) is 50.5 Å². The summed E-state index contributed by atoms with van der Waals surface area (Å²) in [7, 11) is 0. The van der Waals surface area contributed by atoms with Crippen LogP contribution in [0.25, 0.3) is 0 Å². The Balaban J connectivity index is 1.46. The van der Waals surface area contributed by atoms with E-state index < -0.39 is 0 Å². The quantitative estimate of drug-likeness (QED) is 0.833. The zero-order chi connectivity index (χ0) is 17.0. The number of anilines is 1. The predicted molar refractivity (Wildman–Crippen MR) is 94.2 cm³/mol. The molecule has 2 aliphatic heterocycles. The maximum Gasteiger partial charge on any atom is 0.225 e. The Kier molecular flexibility index (Phi) is 4.90. The lowest BCUT2D eigenvalue weighted by Crippen LogP contribution is -2.57. The number of rotatable bonds is 5. The van der Waals surface area contributed by atoms with Crippen molar-refractivity contribution in [3.05, 3.63) is 48.5 Å². The van der Waals surface area contributed by atoms with E-state index in [9.17, 15) is 0 Å². The highest BCUT2D eigenvalue weighted by atomic mass is 16.5. The summed E-state index contributed by atoms with van der Waals surface area (Å²) >= 11 is 0. The van der Waals surface area contributed by atoms with Crippen LogP contribution in [0.15, 0.2) is 43.0 Å². The number of hydrogen-bond acceptors (Lipinski definition) is 6. The van der Waals surface area contributed by atoms with Gasteiger partial charge in [-0.2, -0.15) is 0 Å². The van der Waals surface area contributed by atoms with Crippen molar-refractivity contribution >= 4 is 5.95 Å². The van der Waals surface area contributed by atoms with Crippen molar-refractivity contribution in [1.82, 2.24) is 15.0 Å². The Morgan fingerprint density at radius 1 is 1.20 bits per heavy atom. The first-order valence-corrected chi connectivity index (χ1v) is 8.96. The molecule has 6 heteroatoms. The molecule has 132 valence electrons. The average molecular weight is 340 g/mol. The topological polar surface area (TPSA) is 60.4 Å². The summed E-state index contributed by atoms with van der Waals surface area (Å²) in [6.45, 7) is 3.99. The number of hydrogen-bond donors (Lipinski definition) is 0. The zero-order valence-corrected chi connectivity index (χ0v) is 14.4. The van der Waals surface area contributed by atoms with E-state index in [1.807, 2.05) is 18.2 Å². The summed E-state index contributed by atoms with van der Waals surface area (Å²) in [6, 6.07) is 5.85. The molecule has 4 rings (SSSR count). The van der Waals surface area contributed by atoms with Gasteiger partial charge in [0, 0.05) is 49.9 Å². The number of ether oxygens (including phenoxy) is 2. The fourth-order valence-electron chi connectivity index (χ4n) is 3.98. The van der Waals surface area contributed by atoms with Crippen molar-refractivity contribution in [2.45, 2.75) is 32.0 Å². The van der Waals surface area contributed by atoms with E-state index in [0.29, 0.717) is 13.2 Å². The molecule has 0 unspecified atom stereocenters. The van der Waals surface area contributed by atoms with E-state index in [1.165, 1.54) is 0 Å². The Morgan fingerprint density at radius 3 is 2.88 bits per heavy atom. The van der Waals surface area contributed by atoms with Crippen LogP contribution >= 0.6 is 0 Å². The van der Waals surface area contributed by atoms with Crippen molar-refractivity contribution in [2.24, 2.45) is 5.41 Å². The maximum atomic E-state index is 6.13. The van der Waals surface area contributed by atoms with Crippen LogP contribution in [0.1, 0.15) is 24.8 Å². The predicted octanol–water partition coefficient (Wildman–Crippen LogP) is 2.46. The molecule has 0 amide bonds. The highest BCUT2D eigenvalue weighted by Gasteiger charge is 2.46. The second kappa shape index (κ2) is 7.45. The van der Waals surface area contributed by atoms with Crippen molar-refractivity contribution in [3.8, 4) is 0 Å². The van der Waals surface area contributed by atoms with Gasteiger partial charge in [0.25, 0.3) is 0 Å². The average Bonchev–Trinajstić information content (AvgIpc) is 2.69. The van der Waals surface area contributed by atoms with Gasteiger partial charge in [0.1, 0.15) is 0 Å². The molecule has 2 fully saturated rings. The lowest BCUT2D eigenvalue weighted by Gasteiger charge is -2.50. The molecule has 2 aliphatic rings. The number of aromatic nitrogens is 3. The molecule has 0 N–H and O–H groups in total. The molecular formula is C19H24N4O2. The molecule has 4 heterocycles. The first-order chi connectivity index (χ1) is 12.4. The number of pyridine rings is 1. The van der Waals surface area contributed by atoms with Crippen LogP contribution in [-0.2, 0) is 16.1 Å². The number of piperidine rings is 1. The van der Waals surface area contributed by atoms with E-state index in [4.69, 9.17) is 9.47 Å². The molecule has 0 aromatic carbocycles. The van der Waals surface area contributed by atoms with E-state index >= 15 is 0 Å². The Hall–Kier alpha value is -2.05. The first kappa shape index (κ1) is 16.4. The lowest BCUT2D eigenvalue weighted by molar-refractivity contribution is -0.127. The first-order valence-electron chi connectivity index (χ1n) is 8.96. The van der Waals surface area contributed by atoms with E-state index in [1.54, 1.807) is 24.8 Å². The fourth-order valence-corrected chi connectivity index (χ4v) is 3.98. The second-order valence-corrected chi connectivity index (χ2v) is 6.93. The van der Waals surface area contributed by atoms with Crippen LogP contribution in [0.5, 0.6) is 0 Å². The minimum absolute atomic E-state index is 0.0166. The number of nitrogens with zero attached hydrogens (tertiary/aromatic N) is 4. The standard InChI is InChI=1S/C19H24N4O2/c1-6-19(15-24-13-16-3-9-20-10-4-16)14-23(11-5-17(19)25-12-1)18-21-7-2-8-22-18/h2-4,7-10,17H,1,5-6,11-15H2/t17-,19+/m1/s1. The van der Waals surface area contributed by atoms with E-state index in [2.05, 4.69) is 19.9 Å². The highest BCUT2D eigenvalue weighted by molar-refractivity contribution is 5.31. The molecule has 6 nitrogen and oxygen atoms in total. The van der Waals surface area contributed by atoms with Gasteiger partial charge in [-0.25, -0.2) is 9.97 Å². The third-order valence-electron chi connectivity index (χ3n) is 5.23. The van der Waals surface area contributed by atoms with Gasteiger partial charge in [-0.3, -0.25) is 4.98 Å². The second-order valence-electron chi connectivity index (χ2n) is 6.93. The summed E-state index contributed by atoms with van der Waals surface area (Å²) in [4.78, 5) is 15.2. The Bertz CT molecular complexity index is 670. The molecule has 0 spiro atoms. The molecule has 2 saturated heterocycles. The summed E-state index contributed by atoms with van der Waals surface area (Å²) < 4.78 is 12.2. The lowest BCUT2D eigenvalue weighted by atomic mass is 9.73. The summed E-state index contributed by atoms with van der Waals surface area (Å²) in [6.07, 6.45) is 10.7. The maximum absolute atomic E-state index is 6.13. The zero-order valence-electron chi connectivity index (χ0n) is 14.4. The van der Waals surface area contributed by atoms with Crippen LogP contribution in [0, 0.1) is 5.41 Å². The minimum Gasteiger partial charge on any atom is -0.377 e. The van der Waals surface area contributed by atoms with Crippen LogP contribution < -0.4 is 4.90 Å². The third-order valence-corrected chi connectivity index (χ3v) is 5.23. The molecule has 0 bridgehead atoms. The smallest absolute Gasteiger partial charge is 0.225 e. The Labute approximate surface area is 148 Å². The van der Waals surface area contributed by atoms with Gasteiger partial charge in [-0.15, -0.1) is 0 Å². The molecule has 25 heavy (non-hydrogen) atoms. The van der Waals surface area contributed by atoms with Crippen molar-refractivity contribution in [3.63, 3.8) is 0 Å². The van der Waals surface area contributed by atoms with Crippen LogP contribution in [0.3, 0.4) is 0 Å². The van der Waals surface area contributed by atoms with Gasteiger partial charge >= 0.3 is 0 Å². The van der Waals surface area contributed by atoms with Gasteiger partial charge in [0.2, 0.25) is 5.95 Å². The van der Waals surface area contributed by atoms with Gasteiger partial charge in [-0.05, 0) is 43.0 Å². The molecule has 0 saturated carbocycles. The Morgan fingerprint density at radius 2 is 2.04 bits per heavy atom. The van der Waals surface area contributed by atoms with Crippen LogP contribution in [0.2, 0.25) is 0 Å². The largest absolute Gasteiger partial charge is 0.377 e. The summed E-state index contributed by atoms with van der Waals surface area (Å²) in [5.41, 5.74) is 1.17. The van der Waals surface area contributed by atoms with Gasteiger partial charge < -0.3 is 14.4 Å². The summed E-state index contributed by atoms with van der Waals surface area (Å²) in [5.74, 6) is 0.806. The minimum atomic E-state index is 0.0166. The van der Waals surface area contributed by atoms with Gasteiger partial charge in [0.05, 0.1) is 19.3 Å². The molecule has 2 aromatic heterocycles. The van der Waals surface area contributed by atoms with Crippen molar-refractivity contribution in [2.75, 3.05) is 31.2 Å². The SMILES string of the molecule is c1cnc(N2CC[C@H]3OCCC[C@@]3(COCc3ccncc3)C2)nc1. The molecule has 2 aromatic rings. The molecule has 0 radical (unpaired) electrons.